The van der Waals surface area contributed by atoms with E-state index in [1.54, 1.807) is 0 Å². The minimum atomic E-state index is 0.180. The molecule has 1 unspecified atom stereocenters. The number of nitrogens with zero attached hydrogens (tertiary/aromatic N) is 1. The van der Waals surface area contributed by atoms with E-state index in [4.69, 9.17) is 0 Å². The van der Waals surface area contributed by atoms with Gasteiger partial charge in [0.15, 0.2) is 0 Å². The van der Waals surface area contributed by atoms with Crippen molar-refractivity contribution in [1.82, 2.24) is 4.90 Å². The van der Waals surface area contributed by atoms with Crippen LogP contribution in [0.4, 0.5) is 0 Å². The average Bonchev–Trinajstić information content (AvgIpc) is 3.11. The number of benzene rings is 1. The van der Waals surface area contributed by atoms with Crippen LogP contribution in [0, 0.1) is 5.92 Å². The number of amides is 1. The Morgan fingerprint density at radius 1 is 1.33 bits per heavy atom. The molecule has 0 saturated heterocycles. The quantitative estimate of drug-likeness (QED) is 0.739. The highest BCUT2D eigenvalue weighted by Gasteiger charge is 2.33. The summed E-state index contributed by atoms with van der Waals surface area (Å²) in [5, 5.41) is 0. The van der Waals surface area contributed by atoms with Gasteiger partial charge in [-0.2, -0.15) is 0 Å². The van der Waals surface area contributed by atoms with Gasteiger partial charge in [-0.1, -0.05) is 30.3 Å². The second-order valence-electron chi connectivity index (χ2n) is 4.31. The van der Waals surface area contributed by atoms with Crippen LogP contribution in [-0.4, -0.2) is 17.9 Å². The Balaban J connectivity index is 2.06. The number of carbonyl (C=O) groups is 1. The van der Waals surface area contributed by atoms with Crippen molar-refractivity contribution in [2.75, 3.05) is 7.05 Å². The van der Waals surface area contributed by atoms with Crippen LogP contribution in [0.2, 0.25) is 0 Å². The molecule has 0 aliphatic heterocycles. The van der Waals surface area contributed by atoms with Gasteiger partial charge in [-0.15, -0.1) is 0 Å². The molecule has 0 N–H and O–H groups in total. The first-order valence-corrected chi connectivity index (χ1v) is 5.52. The fourth-order valence-electron chi connectivity index (χ4n) is 1.76. The van der Waals surface area contributed by atoms with Gasteiger partial charge in [0.2, 0.25) is 5.91 Å². The van der Waals surface area contributed by atoms with Crippen molar-refractivity contribution < 1.29 is 4.79 Å². The minimum Gasteiger partial charge on any atom is -0.339 e. The number of hydrogen-bond acceptors (Lipinski definition) is 1. The molecule has 2 rings (SSSR count). The van der Waals surface area contributed by atoms with Gasteiger partial charge >= 0.3 is 0 Å². The summed E-state index contributed by atoms with van der Waals surface area (Å²) in [5.41, 5.74) is 1.20. The van der Waals surface area contributed by atoms with Gasteiger partial charge in [-0.25, -0.2) is 0 Å². The summed E-state index contributed by atoms with van der Waals surface area (Å²) < 4.78 is 0. The van der Waals surface area contributed by atoms with Crippen molar-refractivity contribution >= 4 is 5.91 Å². The van der Waals surface area contributed by atoms with Gasteiger partial charge in [0.25, 0.3) is 0 Å². The molecule has 0 bridgehead atoms. The maximum Gasteiger partial charge on any atom is 0.225 e. The highest BCUT2D eigenvalue weighted by molar-refractivity contribution is 5.81. The highest BCUT2D eigenvalue weighted by Crippen LogP contribution is 2.33. The zero-order valence-electron chi connectivity index (χ0n) is 9.31. The van der Waals surface area contributed by atoms with Gasteiger partial charge in [-0.05, 0) is 25.3 Å². The average molecular weight is 203 g/mol. The Kier molecular flexibility index (Phi) is 2.76. The first kappa shape index (κ1) is 10.2. The predicted octanol–water partition coefficient (Wildman–Crippen LogP) is 2.62. The van der Waals surface area contributed by atoms with Crippen molar-refractivity contribution in [2.45, 2.75) is 25.8 Å². The van der Waals surface area contributed by atoms with Gasteiger partial charge in [0, 0.05) is 13.0 Å². The van der Waals surface area contributed by atoms with Crippen LogP contribution >= 0.6 is 0 Å². The van der Waals surface area contributed by atoms with E-state index in [-0.39, 0.29) is 6.04 Å². The van der Waals surface area contributed by atoms with Gasteiger partial charge in [0.05, 0.1) is 6.04 Å². The summed E-state index contributed by atoms with van der Waals surface area (Å²) >= 11 is 0. The Hall–Kier alpha value is -1.31. The molecule has 1 aliphatic rings. The lowest BCUT2D eigenvalue weighted by atomic mass is 10.1. The molecular weight excluding hydrogens is 186 g/mol. The van der Waals surface area contributed by atoms with E-state index >= 15 is 0 Å². The molecule has 1 saturated carbocycles. The van der Waals surface area contributed by atoms with Gasteiger partial charge in [-0.3, -0.25) is 4.79 Å². The maximum absolute atomic E-state index is 11.8. The zero-order chi connectivity index (χ0) is 10.8. The van der Waals surface area contributed by atoms with Crippen molar-refractivity contribution in [3.63, 3.8) is 0 Å². The molecule has 2 heteroatoms. The van der Waals surface area contributed by atoms with Crippen LogP contribution in [-0.2, 0) is 4.79 Å². The third kappa shape index (κ3) is 2.20. The van der Waals surface area contributed by atoms with E-state index in [2.05, 4.69) is 19.1 Å². The summed E-state index contributed by atoms with van der Waals surface area (Å²) in [5.74, 6) is 0.604. The fourth-order valence-corrected chi connectivity index (χ4v) is 1.76. The second-order valence-corrected chi connectivity index (χ2v) is 4.31. The summed E-state index contributed by atoms with van der Waals surface area (Å²) in [7, 11) is 1.90. The van der Waals surface area contributed by atoms with Gasteiger partial charge in [0.1, 0.15) is 0 Å². The smallest absolute Gasteiger partial charge is 0.225 e. The molecule has 1 atom stereocenters. The van der Waals surface area contributed by atoms with E-state index in [1.165, 1.54) is 5.56 Å². The van der Waals surface area contributed by atoms with Crippen LogP contribution in [0.1, 0.15) is 31.4 Å². The minimum absolute atomic E-state index is 0.180. The van der Waals surface area contributed by atoms with Crippen molar-refractivity contribution in [3.05, 3.63) is 35.9 Å². The molecule has 15 heavy (non-hydrogen) atoms. The highest BCUT2D eigenvalue weighted by atomic mass is 16.2. The first-order valence-electron chi connectivity index (χ1n) is 5.52. The largest absolute Gasteiger partial charge is 0.339 e. The summed E-state index contributed by atoms with van der Waals surface area (Å²) in [4.78, 5) is 13.7. The van der Waals surface area contributed by atoms with E-state index in [0.717, 1.165) is 12.8 Å². The molecule has 0 aromatic heterocycles. The number of rotatable bonds is 3. The lowest BCUT2D eigenvalue weighted by Crippen LogP contribution is -2.30. The zero-order valence-corrected chi connectivity index (χ0v) is 9.31. The standard InChI is InChI=1S/C13H17NO/c1-10(11-6-4-3-5-7-11)14(2)13(15)12-8-9-12/h3-7,10,12H,8-9H2,1-2H3. The molecule has 80 valence electrons. The topological polar surface area (TPSA) is 20.3 Å². The Labute approximate surface area is 90.9 Å². The Morgan fingerprint density at radius 3 is 2.47 bits per heavy atom. The molecule has 1 fully saturated rings. The van der Waals surface area contributed by atoms with Crippen LogP contribution < -0.4 is 0 Å². The molecular formula is C13H17NO. The van der Waals surface area contributed by atoms with Crippen LogP contribution in [0.5, 0.6) is 0 Å². The van der Waals surface area contributed by atoms with E-state index in [9.17, 15) is 4.79 Å². The lowest BCUT2D eigenvalue weighted by Gasteiger charge is -2.25. The summed E-state index contributed by atoms with van der Waals surface area (Å²) in [6.45, 7) is 2.08. The summed E-state index contributed by atoms with van der Waals surface area (Å²) in [6.07, 6.45) is 2.15. The van der Waals surface area contributed by atoms with Crippen molar-refractivity contribution in [1.29, 1.82) is 0 Å². The normalized spacial score (nSPS) is 17.2. The molecule has 1 amide bonds. The Morgan fingerprint density at radius 2 is 1.93 bits per heavy atom. The SMILES string of the molecule is CC(c1ccccc1)N(C)C(=O)C1CC1. The fraction of sp³-hybridized carbons (Fsp3) is 0.462. The molecule has 1 aromatic carbocycles. The van der Waals surface area contributed by atoms with E-state index < -0.39 is 0 Å². The van der Waals surface area contributed by atoms with Gasteiger partial charge < -0.3 is 4.90 Å². The third-order valence-corrected chi connectivity index (χ3v) is 3.14. The first-order chi connectivity index (χ1) is 7.20. The molecule has 1 aromatic rings. The summed E-state index contributed by atoms with van der Waals surface area (Å²) in [6, 6.07) is 10.4. The third-order valence-electron chi connectivity index (χ3n) is 3.14. The monoisotopic (exact) mass is 203 g/mol. The number of hydrogen-bond donors (Lipinski definition) is 0. The second kappa shape index (κ2) is 4.05. The molecule has 2 nitrogen and oxygen atoms in total. The molecule has 0 heterocycles. The van der Waals surface area contributed by atoms with Crippen molar-refractivity contribution in [3.8, 4) is 0 Å². The van der Waals surface area contributed by atoms with E-state index in [0.29, 0.717) is 11.8 Å². The molecule has 1 aliphatic carbocycles. The number of carbonyl (C=O) groups excluding carboxylic acids is 1. The molecule has 0 radical (unpaired) electrons. The maximum atomic E-state index is 11.8. The van der Waals surface area contributed by atoms with Crippen molar-refractivity contribution in [2.24, 2.45) is 5.92 Å². The lowest BCUT2D eigenvalue weighted by molar-refractivity contribution is -0.133. The predicted molar refractivity (Wildman–Crippen MR) is 60.4 cm³/mol. The van der Waals surface area contributed by atoms with Crippen LogP contribution in [0.25, 0.3) is 0 Å². The van der Waals surface area contributed by atoms with E-state index in [1.807, 2.05) is 30.1 Å². The Bertz CT molecular complexity index is 343. The van der Waals surface area contributed by atoms with Crippen LogP contribution in [0.15, 0.2) is 30.3 Å². The van der Waals surface area contributed by atoms with Crippen LogP contribution in [0.3, 0.4) is 0 Å². The molecule has 0 spiro atoms.